The zero-order chi connectivity index (χ0) is 14.9. The molecule has 0 aliphatic heterocycles. The van der Waals surface area contributed by atoms with Crippen LogP contribution in [-0.2, 0) is 9.59 Å². The summed E-state index contributed by atoms with van der Waals surface area (Å²) >= 11 is 3.34. The first-order chi connectivity index (χ1) is 9.33. The first-order valence-corrected chi connectivity index (χ1v) is 6.78. The number of hydrogen-bond donors (Lipinski definition) is 2. The molecule has 2 rings (SSSR count). The lowest BCUT2D eigenvalue weighted by molar-refractivity contribution is -0.145. The van der Waals surface area contributed by atoms with Crippen LogP contribution in [0.2, 0.25) is 0 Å². The van der Waals surface area contributed by atoms with Crippen LogP contribution in [0.25, 0.3) is 5.57 Å². The molecule has 0 spiro atoms. The number of hydrogen-bond acceptors (Lipinski definition) is 2. The molecule has 0 aromatic heterocycles. The molecule has 2 N–H and O–H groups in total. The monoisotopic (exact) mass is 336 g/mol. The Bertz CT molecular complexity index is 645. The van der Waals surface area contributed by atoms with Gasteiger partial charge in [0.25, 0.3) is 0 Å². The minimum Gasteiger partial charge on any atom is -0.481 e. The molecule has 1 atom stereocenters. The summed E-state index contributed by atoms with van der Waals surface area (Å²) in [5.74, 6) is -2.11. The number of carbonyl (C=O) groups is 2. The number of benzene rings is 1. The fourth-order valence-electron chi connectivity index (χ4n) is 2.15. The van der Waals surface area contributed by atoms with Crippen LogP contribution >= 0.6 is 15.9 Å². The van der Waals surface area contributed by atoms with E-state index in [1.54, 1.807) is 18.2 Å². The van der Waals surface area contributed by atoms with E-state index in [0.717, 1.165) is 10.0 Å². The van der Waals surface area contributed by atoms with Gasteiger partial charge in [-0.2, -0.15) is 0 Å². The maximum absolute atomic E-state index is 11.4. The van der Waals surface area contributed by atoms with Gasteiger partial charge in [-0.25, -0.2) is 4.79 Å². The van der Waals surface area contributed by atoms with Crippen LogP contribution < -0.4 is 0 Å². The predicted octanol–water partition coefficient (Wildman–Crippen LogP) is 3.34. The third kappa shape index (κ3) is 2.67. The van der Waals surface area contributed by atoms with E-state index >= 15 is 0 Å². The van der Waals surface area contributed by atoms with E-state index < -0.39 is 17.4 Å². The molecule has 1 aromatic carbocycles. The van der Waals surface area contributed by atoms with Crippen molar-refractivity contribution < 1.29 is 19.8 Å². The van der Waals surface area contributed by atoms with Crippen molar-refractivity contribution in [2.45, 2.75) is 13.3 Å². The van der Waals surface area contributed by atoms with E-state index in [1.165, 1.54) is 6.92 Å². The molecule has 1 aromatic rings. The minimum atomic E-state index is -1.18. The first kappa shape index (κ1) is 14.5. The number of carboxylic acids is 2. The molecule has 0 saturated carbocycles. The molecule has 1 aliphatic carbocycles. The van der Waals surface area contributed by atoms with Gasteiger partial charge in [-0.05, 0) is 36.6 Å². The number of rotatable bonds is 3. The Kier molecular flexibility index (Phi) is 3.81. The van der Waals surface area contributed by atoms with E-state index in [9.17, 15) is 19.8 Å². The average molecular weight is 337 g/mol. The molecule has 0 amide bonds. The van der Waals surface area contributed by atoms with E-state index in [4.69, 9.17) is 0 Å². The highest BCUT2D eigenvalue weighted by Crippen LogP contribution is 2.38. The van der Waals surface area contributed by atoms with Crippen LogP contribution in [0.4, 0.5) is 0 Å². The minimum absolute atomic E-state index is 0.0317. The highest BCUT2D eigenvalue weighted by Gasteiger charge is 2.36. The second-order valence-electron chi connectivity index (χ2n) is 4.94. The average Bonchev–Trinajstić information content (AvgIpc) is 2.38. The fraction of sp³-hybridized carbons (Fsp3) is 0.200. The molecule has 0 saturated heterocycles. The third-order valence-corrected chi connectivity index (χ3v) is 3.86. The molecule has 0 radical (unpaired) electrons. The SMILES string of the molecule is CC1(C(=O)O)C=CC(c2cccc(Br)c2)=C(C(=O)O)C1. The topological polar surface area (TPSA) is 74.6 Å². The van der Waals surface area contributed by atoms with Crippen LogP contribution in [0, 0.1) is 5.41 Å². The fourth-order valence-corrected chi connectivity index (χ4v) is 2.55. The van der Waals surface area contributed by atoms with Gasteiger partial charge >= 0.3 is 11.9 Å². The summed E-state index contributed by atoms with van der Waals surface area (Å²) in [6.45, 7) is 1.52. The molecule has 20 heavy (non-hydrogen) atoms. The molecular weight excluding hydrogens is 324 g/mol. The van der Waals surface area contributed by atoms with Crippen molar-refractivity contribution in [1.82, 2.24) is 0 Å². The lowest BCUT2D eigenvalue weighted by Crippen LogP contribution is -2.29. The van der Waals surface area contributed by atoms with Crippen LogP contribution in [0.3, 0.4) is 0 Å². The Labute approximate surface area is 124 Å². The van der Waals surface area contributed by atoms with Crippen molar-refractivity contribution in [1.29, 1.82) is 0 Å². The molecule has 1 aliphatic rings. The first-order valence-electron chi connectivity index (χ1n) is 5.98. The Morgan fingerprint density at radius 3 is 2.55 bits per heavy atom. The van der Waals surface area contributed by atoms with Gasteiger partial charge in [0.05, 0.1) is 5.41 Å². The molecule has 0 bridgehead atoms. The Morgan fingerprint density at radius 2 is 2.00 bits per heavy atom. The quantitative estimate of drug-likeness (QED) is 0.887. The molecule has 1 unspecified atom stereocenters. The van der Waals surface area contributed by atoms with Crippen LogP contribution in [0.5, 0.6) is 0 Å². The molecule has 104 valence electrons. The van der Waals surface area contributed by atoms with Crippen molar-refractivity contribution >= 4 is 33.4 Å². The summed E-state index contributed by atoms with van der Waals surface area (Å²) in [5, 5.41) is 18.6. The molecular formula is C15H13BrO4. The van der Waals surface area contributed by atoms with Gasteiger partial charge in [0.15, 0.2) is 0 Å². The lowest BCUT2D eigenvalue weighted by atomic mass is 9.76. The normalized spacial score (nSPS) is 21.9. The number of aliphatic carboxylic acids is 2. The second kappa shape index (κ2) is 5.25. The van der Waals surface area contributed by atoms with Crippen molar-refractivity contribution in [3.8, 4) is 0 Å². The zero-order valence-electron chi connectivity index (χ0n) is 10.8. The summed E-state index contributed by atoms with van der Waals surface area (Å²) in [6, 6.07) is 7.27. The van der Waals surface area contributed by atoms with Crippen LogP contribution in [-0.4, -0.2) is 22.2 Å². The summed E-state index contributed by atoms with van der Waals surface area (Å²) in [5.41, 5.74) is 0.247. The van der Waals surface area contributed by atoms with Crippen LogP contribution in [0.15, 0.2) is 46.5 Å². The van der Waals surface area contributed by atoms with Gasteiger partial charge in [0.2, 0.25) is 0 Å². The maximum Gasteiger partial charge on any atom is 0.332 e. The number of allylic oxidation sites excluding steroid dienone is 2. The predicted molar refractivity (Wildman–Crippen MR) is 78.2 cm³/mol. The summed E-state index contributed by atoms with van der Waals surface area (Å²) in [7, 11) is 0. The second-order valence-corrected chi connectivity index (χ2v) is 5.86. The van der Waals surface area contributed by atoms with Gasteiger partial charge in [0.1, 0.15) is 0 Å². The van der Waals surface area contributed by atoms with Crippen molar-refractivity contribution in [2.24, 2.45) is 5.41 Å². The van der Waals surface area contributed by atoms with E-state index in [1.807, 2.05) is 18.2 Å². The van der Waals surface area contributed by atoms with Gasteiger partial charge in [-0.15, -0.1) is 0 Å². The molecule has 0 fully saturated rings. The highest BCUT2D eigenvalue weighted by molar-refractivity contribution is 9.10. The molecule has 0 heterocycles. The summed E-state index contributed by atoms with van der Waals surface area (Å²) in [4.78, 5) is 22.7. The maximum atomic E-state index is 11.4. The smallest absolute Gasteiger partial charge is 0.332 e. The molecule has 4 nitrogen and oxygen atoms in total. The highest BCUT2D eigenvalue weighted by atomic mass is 79.9. The standard InChI is InChI=1S/C15H13BrO4/c1-15(14(19)20)6-5-11(12(8-15)13(17)18)9-3-2-4-10(16)7-9/h2-7H,8H2,1H3,(H,17,18)(H,19,20). The number of carboxylic acid groups (broad SMARTS) is 2. The Hall–Kier alpha value is -1.88. The van der Waals surface area contributed by atoms with Gasteiger partial charge in [-0.1, -0.05) is 40.2 Å². The van der Waals surface area contributed by atoms with Crippen molar-refractivity contribution in [3.63, 3.8) is 0 Å². The zero-order valence-corrected chi connectivity index (χ0v) is 12.3. The summed E-state index contributed by atoms with van der Waals surface area (Å²) < 4.78 is 0.840. The largest absolute Gasteiger partial charge is 0.481 e. The summed E-state index contributed by atoms with van der Waals surface area (Å²) in [6.07, 6.45) is 3.11. The van der Waals surface area contributed by atoms with E-state index in [-0.39, 0.29) is 12.0 Å². The molecule has 5 heteroatoms. The number of halogens is 1. The van der Waals surface area contributed by atoms with Crippen LogP contribution in [0.1, 0.15) is 18.9 Å². The van der Waals surface area contributed by atoms with Gasteiger partial charge in [0, 0.05) is 10.0 Å². The third-order valence-electron chi connectivity index (χ3n) is 3.37. The van der Waals surface area contributed by atoms with E-state index in [0.29, 0.717) is 5.57 Å². The Balaban J connectivity index is 2.53. The van der Waals surface area contributed by atoms with Gasteiger partial charge < -0.3 is 10.2 Å². The Morgan fingerprint density at radius 1 is 1.30 bits per heavy atom. The van der Waals surface area contributed by atoms with Gasteiger partial charge in [-0.3, -0.25) is 4.79 Å². The lowest BCUT2D eigenvalue weighted by Gasteiger charge is -2.26. The van der Waals surface area contributed by atoms with E-state index in [2.05, 4.69) is 15.9 Å². The van der Waals surface area contributed by atoms with Crippen molar-refractivity contribution in [2.75, 3.05) is 0 Å². The van der Waals surface area contributed by atoms with Crippen molar-refractivity contribution in [3.05, 3.63) is 52.0 Å².